The van der Waals surface area contributed by atoms with Gasteiger partial charge in [0, 0.05) is 0 Å². The minimum atomic E-state index is -0.455. The number of ether oxygens (including phenoxy) is 2. The van der Waals surface area contributed by atoms with E-state index in [0.29, 0.717) is 34.0 Å². The van der Waals surface area contributed by atoms with Gasteiger partial charge in [-0.3, -0.25) is 9.59 Å². The van der Waals surface area contributed by atoms with Crippen molar-refractivity contribution in [1.29, 1.82) is 0 Å². The summed E-state index contributed by atoms with van der Waals surface area (Å²) in [7, 11) is 1.56. The number of imide groups is 1. The molecular formula is C28H28N2O4. The third-order valence-electron chi connectivity index (χ3n) is 5.71. The van der Waals surface area contributed by atoms with E-state index >= 15 is 0 Å². The zero-order chi connectivity index (χ0) is 24.4. The van der Waals surface area contributed by atoms with Crippen LogP contribution in [0.25, 0.3) is 5.57 Å². The number of aryl methyl sites for hydroxylation is 2. The molecule has 0 aromatic heterocycles. The second-order valence-electron chi connectivity index (χ2n) is 8.45. The normalized spacial score (nSPS) is 13.6. The molecule has 1 aliphatic heterocycles. The van der Waals surface area contributed by atoms with Crippen molar-refractivity contribution in [3.63, 3.8) is 0 Å². The van der Waals surface area contributed by atoms with Crippen LogP contribution in [0, 0.1) is 13.8 Å². The van der Waals surface area contributed by atoms with Crippen molar-refractivity contribution in [2.24, 2.45) is 0 Å². The fraction of sp³-hybridized carbons (Fsp3) is 0.214. The maximum atomic E-state index is 13.8. The number of nitrogens with one attached hydrogen (secondary N) is 1. The lowest BCUT2D eigenvalue weighted by molar-refractivity contribution is -0.120. The van der Waals surface area contributed by atoms with Gasteiger partial charge in [0.25, 0.3) is 11.8 Å². The molecule has 6 heteroatoms. The van der Waals surface area contributed by atoms with Crippen LogP contribution in [0.4, 0.5) is 11.4 Å². The summed E-state index contributed by atoms with van der Waals surface area (Å²) in [5.41, 5.74) is 4.30. The fourth-order valence-electron chi connectivity index (χ4n) is 3.91. The smallest absolute Gasteiger partial charge is 0.282 e. The Kier molecular flexibility index (Phi) is 6.41. The highest BCUT2D eigenvalue weighted by atomic mass is 16.5. The van der Waals surface area contributed by atoms with Gasteiger partial charge in [-0.05, 0) is 68.7 Å². The standard InChI is InChI=1S/C28H28N2O4/c1-17(2)34-24-13-9-7-11-22(24)30-27(31)25(20-15-14-18(3)19(4)16-20)26(28(30)32)29-21-10-6-8-12-23(21)33-5/h6-17,29H,1-5H3. The monoisotopic (exact) mass is 456 g/mol. The third-order valence-corrected chi connectivity index (χ3v) is 5.71. The van der Waals surface area contributed by atoms with Gasteiger partial charge in [-0.25, -0.2) is 4.90 Å². The second kappa shape index (κ2) is 9.43. The van der Waals surface area contributed by atoms with Crippen LogP contribution < -0.4 is 19.7 Å². The van der Waals surface area contributed by atoms with Gasteiger partial charge in [0.05, 0.1) is 30.2 Å². The topological polar surface area (TPSA) is 67.9 Å². The molecule has 0 bridgehead atoms. The molecule has 6 nitrogen and oxygen atoms in total. The van der Waals surface area contributed by atoms with E-state index in [1.54, 1.807) is 37.4 Å². The van der Waals surface area contributed by atoms with Crippen molar-refractivity contribution in [3.8, 4) is 11.5 Å². The number of para-hydroxylation sites is 4. The number of rotatable bonds is 7. The van der Waals surface area contributed by atoms with Crippen molar-refractivity contribution in [1.82, 2.24) is 0 Å². The highest BCUT2D eigenvalue weighted by Gasteiger charge is 2.41. The van der Waals surface area contributed by atoms with Crippen LogP contribution in [-0.2, 0) is 9.59 Å². The Bertz CT molecular complexity index is 1290. The molecule has 3 aromatic carbocycles. The number of amides is 2. The third kappa shape index (κ3) is 4.27. The number of nitrogens with zero attached hydrogens (tertiary/aromatic N) is 1. The molecule has 0 fully saturated rings. The number of anilines is 2. The summed E-state index contributed by atoms with van der Waals surface area (Å²) in [6.45, 7) is 7.79. The summed E-state index contributed by atoms with van der Waals surface area (Å²) >= 11 is 0. The van der Waals surface area contributed by atoms with Crippen molar-refractivity contribution in [3.05, 3.63) is 89.1 Å². The van der Waals surface area contributed by atoms with Gasteiger partial charge < -0.3 is 14.8 Å². The number of methoxy groups -OCH3 is 1. The summed E-state index contributed by atoms with van der Waals surface area (Å²) in [6.07, 6.45) is -0.118. The van der Waals surface area contributed by atoms with Gasteiger partial charge >= 0.3 is 0 Å². The van der Waals surface area contributed by atoms with Gasteiger partial charge in [0.2, 0.25) is 0 Å². The molecule has 0 aliphatic carbocycles. The van der Waals surface area contributed by atoms with Crippen LogP contribution in [0.1, 0.15) is 30.5 Å². The first kappa shape index (κ1) is 23.1. The summed E-state index contributed by atoms with van der Waals surface area (Å²) in [5.74, 6) is 0.170. The lowest BCUT2D eigenvalue weighted by Crippen LogP contribution is -2.33. The second-order valence-corrected chi connectivity index (χ2v) is 8.45. The average molecular weight is 457 g/mol. The number of hydrogen-bond donors (Lipinski definition) is 1. The Morgan fingerprint density at radius 3 is 2.18 bits per heavy atom. The first-order valence-corrected chi connectivity index (χ1v) is 11.2. The molecule has 4 rings (SSSR count). The first-order valence-electron chi connectivity index (χ1n) is 11.2. The van der Waals surface area contributed by atoms with E-state index in [9.17, 15) is 9.59 Å². The van der Waals surface area contributed by atoms with Gasteiger partial charge in [0.1, 0.15) is 17.2 Å². The molecule has 1 heterocycles. The molecule has 0 spiro atoms. The molecule has 0 unspecified atom stereocenters. The SMILES string of the molecule is COc1ccccc1NC1=C(c2ccc(C)c(C)c2)C(=O)N(c2ccccc2OC(C)C)C1=O. The van der Waals surface area contributed by atoms with Crippen LogP contribution in [-0.4, -0.2) is 25.0 Å². The molecule has 34 heavy (non-hydrogen) atoms. The minimum absolute atomic E-state index is 0.118. The Balaban J connectivity index is 1.87. The molecular weight excluding hydrogens is 428 g/mol. The fourth-order valence-corrected chi connectivity index (χ4v) is 3.91. The summed E-state index contributed by atoms with van der Waals surface area (Å²) in [5, 5.41) is 3.18. The van der Waals surface area contributed by atoms with E-state index in [-0.39, 0.29) is 11.8 Å². The lowest BCUT2D eigenvalue weighted by atomic mass is 9.99. The van der Waals surface area contributed by atoms with Crippen molar-refractivity contribution in [2.45, 2.75) is 33.8 Å². The number of carbonyl (C=O) groups is 2. The van der Waals surface area contributed by atoms with Gasteiger partial charge in [-0.15, -0.1) is 0 Å². The Morgan fingerprint density at radius 2 is 1.50 bits per heavy atom. The van der Waals surface area contributed by atoms with E-state index in [1.165, 1.54) is 4.90 Å². The maximum Gasteiger partial charge on any atom is 0.282 e. The Labute approximate surface area is 199 Å². The average Bonchev–Trinajstić information content (AvgIpc) is 3.05. The van der Waals surface area contributed by atoms with Crippen LogP contribution in [0.2, 0.25) is 0 Å². The largest absolute Gasteiger partial charge is 0.495 e. The molecule has 0 saturated carbocycles. The van der Waals surface area contributed by atoms with Gasteiger partial charge in [-0.1, -0.05) is 42.5 Å². The zero-order valence-corrected chi connectivity index (χ0v) is 20.0. The molecule has 3 aromatic rings. The first-order chi connectivity index (χ1) is 16.3. The molecule has 0 saturated heterocycles. The summed E-state index contributed by atoms with van der Waals surface area (Å²) < 4.78 is 11.4. The van der Waals surface area contributed by atoms with E-state index in [2.05, 4.69) is 5.32 Å². The molecule has 0 atom stereocenters. The van der Waals surface area contributed by atoms with Crippen molar-refractivity contribution >= 4 is 28.8 Å². The van der Waals surface area contributed by atoms with Crippen LogP contribution in [0.15, 0.2) is 72.4 Å². The summed E-state index contributed by atoms with van der Waals surface area (Å²) in [4.78, 5) is 28.8. The minimum Gasteiger partial charge on any atom is -0.495 e. The van der Waals surface area contributed by atoms with Crippen LogP contribution in [0.3, 0.4) is 0 Å². The van der Waals surface area contributed by atoms with Gasteiger partial charge in [-0.2, -0.15) is 0 Å². The number of benzene rings is 3. The Morgan fingerprint density at radius 1 is 0.824 bits per heavy atom. The number of carbonyl (C=O) groups excluding carboxylic acids is 2. The van der Waals surface area contributed by atoms with E-state index in [4.69, 9.17) is 9.47 Å². The highest BCUT2D eigenvalue weighted by Crippen LogP contribution is 2.39. The molecule has 174 valence electrons. The predicted molar refractivity (Wildman–Crippen MR) is 134 cm³/mol. The number of hydrogen-bond acceptors (Lipinski definition) is 5. The lowest BCUT2D eigenvalue weighted by Gasteiger charge is -2.20. The van der Waals surface area contributed by atoms with Crippen molar-refractivity contribution in [2.75, 3.05) is 17.3 Å². The van der Waals surface area contributed by atoms with Gasteiger partial charge in [0.15, 0.2) is 0 Å². The van der Waals surface area contributed by atoms with Crippen LogP contribution in [0.5, 0.6) is 11.5 Å². The quantitative estimate of drug-likeness (QED) is 0.476. The van der Waals surface area contributed by atoms with E-state index < -0.39 is 11.8 Å². The highest BCUT2D eigenvalue weighted by molar-refractivity contribution is 6.46. The summed E-state index contributed by atoms with van der Waals surface area (Å²) in [6, 6.07) is 20.1. The Hall–Kier alpha value is -4.06. The predicted octanol–water partition coefficient (Wildman–Crippen LogP) is 5.50. The molecule has 1 N–H and O–H groups in total. The molecule has 1 aliphatic rings. The van der Waals surface area contributed by atoms with E-state index in [0.717, 1.165) is 11.1 Å². The molecule has 2 amide bonds. The zero-order valence-electron chi connectivity index (χ0n) is 20.0. The molecule has 0 radical (unpaired) electrons. The van der Waals surface area contributed by atoms with Crippen LogP contribution >= 0.6 is 0 Å². The van der Waals surface area contributed by atoms with E-state index in [1.807, 2.05) is 64.1 Å². The van der Waals surface area contributed by atoms with Crippen molar-refractivity contribution < 1.29 is 19.1 Å². The maximum absolute atomic E-state index is 13.8.